The van der Waals surface area contributed by atoms with Gasteiger partial charge in [-0.1, -0.05) is 102 Å². The van der Waals surface area contributed by atoms with Crippen molar-refractivity contribution in [1.82, 2.24) is 14.7 Å². The monoisotopic (exact) mass is 627 g/mol. The molecule has 0 saturated carbocycles. The number of benzene rings is 2. The lowest BCUT2D eigenvalue weighted by Crippen LogP contribution is -2.58. The Morgan fingerprint density at radius 2 is 1.24 bits per heavy atom. The fraction of sp³-hybridized carbons (Fsp3) is 0.436. The highest BCUT2D eigenvalue weighted by atomic mass is 16.5. The van der Waals surface area contributed by atoms with E-state index >= 15 is 0 Å². The number of amides is 2. The highest BCUT2D eigenvalue weighted by Gasteiger charge is 2.31. The van der Waals surface area contributed by atoms with Gasteiger partial charge in [0.2, 0.25) is 11.8 Å². The van der Waals surface area contributed by atoms with Crippen LogP contribution in [-0.4, -0.2) is 87.0 Å². The molecule has 7 heteroatoms. The predicted molar refractivity (Wildman–Crippen MR) is 190 cm³/mol. The first-order chi connectivity index (χ1) is 21.6. The molecule has 3 rings (SSSR count). The molecule has 1 unspecified atom stereocenters. The fourth-order valence-electron chi connectivity index (χ4n) is 5.35. The number of rotatable bonds is 10. The van der Waals surface area contributed by atoms with Crippen molar-refractivity contribution < 1.29 is 19.1 Å². The number of carbonyl (C=O) groups is 2. The van der Waals surface area contributed by atoms with Gasteiger partial charge in [0.05, 0.1) is 20.3 Å². The molecule has 0 bridgehead atoms. The minimum Gasteiger partial charge on any atom is -0.496 e. The van der Waals surface area contributed by atoms with Gasteiger partial charge in [0, 0.05) is 49.5 Å². The average Bonchev–Trinajstić information content (AvgIpc) is 2.99. The second kappa shape index (κ2) is 15.9. The molecule has 0 aliphatic carbocycles. The van der Waals surface area contributed by atoms with Crippen LogP contribution in [0.4, 0.5) is 0 Å². The van der Waals surface area contributed by atoms with Gasteiger partial charge in [0.1, 0.15) is 11.5 Å². The van der Waals surface area contributed by atoms with E-state index in [-0.39, 0.29) is 28.7 Å². The van der Waals surface area contributed by atoms with Crippen molar-refractivity contribution in [2.45, 2.75) is 58.4 Å². The molecule has 0 spiro atoms. The topological polar surface area (TPSA) is 62.3 Å². The number of allylic oxidation sites excluding steroid dienone is 4. The van der Waals surface area contributed by atoms with Crippen LogP contribution in [0.1, 0.15) is 63.8 Å². The molecular formula is C39H53N3O4. The van der Waals surface area contributed by atoms with E-state index in [4.69, 9.17) is 9.47 Å². The third-order valence-electron chi connectivity index (χ3n) is 8.10. The van der Waals surface area contributed by atoms with Crippen LogP contribution in [0.2, 0.25) is 0 Å². The Labute approximate surface area is 276 Å². The van der Waals surface area contributed by atoms with Gasteiger partial charge in [0.25, 0.3) is 0 Å². The fourth-order valence-corrected chi connectivity index (χ4v) is 5.35. The van der Waals surface area contributed by atoms with Gasteiger partial charge in [0.15, 0.2) is 0 Å². The minimum atomic E-state index is -0.117. The molecule has 2 amide bonds. The van der Waals surface area contributed by atoms with Crippen LogP contribution in [0, 0.1) is 0 Å². The van der Waals surface area contributed by atoms with Crippen molar-refractivity contribution in [3.8, 4) is 11.5 Å². The molecule has 1 aliphatic rings. The van der Waals surface area contributed by atoms with E-state index in [2.05, 4.69) is 65.8 Å². The molecular weight excluding hydrogens is 574 g/mol. The van der Waals surface area contributed by atoms with E-state index in [1.807, 2.05) is 65.2 Å². The Bertz CT molecular complexity index is 1470. The summed E-state index contributed by atoms with van der Waals surface area (Å²) in [5.41, 5.74) is 4.36. The Morgan fingerprint density at radius 3 is 1.67 bits per heavy atom. The average molecular weight is 628 g/mol. The summed E-state index contributed by atoms with van der Waals surface area (Å²) >= 11 is 0. The van der Waals surface area contributed by atoms with Crippen LogP contribution in [0.25, 0.3) is 12.2 Å². The Morgan fingerprint density at radius 1 is 0.761 bits per heavy atom. The van der Waals surface area contributed by atoms with Crippen molar-refractivity contribution in [2.75, 3.05) is 54.5 Å². The van der Waals surface area contributed by atoms with E-state index in [0.717, 1.165) is 22.6 Å². The molecule has 1 aliphatic heterocycles. The molecule has 7 nitrogen and oxygen atoms in total. The van der Waals surface area contributed by atoms with Gasteiger partial charge in [-0.15, -0.1) is 0 Å². The lowest BCUT2D eigenvalue weighted by molar-refractivity contribution is -0.137. The first kappa shape index (κ1) is 36.4. The van der Waals surface area contributed by atoms with E-state index in [1.165, 1.54) is 11.1 Å². The Balaban J connectivity index is 1.63. The smallest absolute Gasteiger partial charge is 0.246 e. The number of likely N-dealkylation sites (N-methyl/N-ethyl adjacent to an activating group) is 1. The molecule has 1 atom stereocenters. The summed E-state index contributed by atoms with van der Waals surface area (Å²) in [5.74, 6) is 1.47. The molecule has 1 fully saturated rings. The van der Waals surface area contributed by atoms with Crippen LogP contribution >= 0.6 is 0 Å². The van der Waals surface area contributed by atoms with E-state index in [1.54, 1.807) is 38.5 Å². The van der Waals surface area contributed by atoms with Crippen LogP contribution in [0.5, 0.6) is 11.5 Å². The standard InChI is InChI=1S/C39H53N3O4/c1-38(2,3)31-21-19-29(34(25-31)45-9)15-11-13-17-36(43)41-23-24-42(33(28-41)27-40(7)8)37(44)18-14-12-16-30-20-22-32(39(4,5)6)26-35(30)46-10/h11-22,25-26,33H,23-24,27-28H2,1-10H3/b15-11+,16-12+,17-13+,18-14+. The minimum absolute atomic E-state index is 0.0287. The van der Waals surface area contributed by atoms with E-state index in [0.29, 0.717) is 26.2 Å². The lowest BCUT2D eigenvalue weighted by atomic mass is 9.86. The molecule has 2 aromatic carbocycles. The van der Waals surface area contributed by atoms with Gasteiger partial charge in [-0.05, 0) is 48.2 Å². The van der Waals surface area contributed by atoms with E-state index in [9.17, 15) is 9.59 Å². The third kappa shape index (κ3) is 10.2. The van der Waals surface area contributed by atoms with Crippen molar-refractivity contribution >= 4 is 24.0 Å². The number of piperazine rings is 1. The highest BCUT2D eigenvalue weighted by Crippen LogP contribution is 2.30. The normalized spacial score (nSPS) is 16.5. The second-order valence-electron chi connectivity index (χ2n) is 14.1. The van der Waals surface area contributed by atoms with Crippen molar-refractivity contribution in [2.24, 2.45) is 0 Å². The number of nitrogens with zero attached hydrogens (tertiary/aromatic N) is 3. The quantitative estimate of drug-likeness (QED) is 0.216. The van der Waals surface area contributed by atoms with E-state index < -0.39 is 0 Å². The molecule has 1 heterocycles. The van der Waals surface area contributed by atoms with Crippen LogP contribution in [-0.2, 0) is 20.4 Å². The zero-order chi connectivity index (χ0) is 34.1. The first-order valence-electron chi connectivity index (χ1n) is 15.9. The first-order valence-corrected chi connectivity index (χ1v) is 15.9. The number of ether oxygens (including phenoxy) is 2. The maximum absolute atomic E-state index is 13.3. The van der Waals surface area contributed by atoms with Crippen LogP contribution in [0.3, 0.4) is 0 Å². The number of hydrogen-bond acceptors (Lipinski definition) is 5. The summed E-state index contributed by atoms with van der Waals surface area (Å²) in [4.78, 5) is 32.1. The summed E-state index contributed by atoms with van der Waals surface area (Å²) in [7, 11) is 7.30. The molecule has 0 radical (unpaired) electrons. The summed E-state index contributed by atoms with van der Waals surface area (Å²) in [6.07, 6.45) is 14.3. The zero-order valence-electron chi connectivity index (χ0n) is 29.5. The van der Waals surface area contributed by atoms with Gasteiger partial charge in [-0.2, -0.15) is 0 Å². The third-order valence-corrected chi connectivity index (χ3v) is 8.10. The highest BCUT2D eigenvalue weighted by molar-refractivity contribution is 5.90. The van der Waals surface area contributed by atoms with Crippen LogP contribution in [0.15, 0.2) is 72.9 Å². The Hall–Kier alpha value is -4.10. The van der Waals surface area contributed by atoms with Gasteiger partial charge in [-0.3, -0.25) is 9.59 Å². The summed E-state index contributed by atoms with van der Waals surface area (Å²) in [6.45, 7) is 15.1. The summed E-state index contributed by atoms with van der Waals surface area (Å²) in [6, 6.07) is 12.3. The Kier molecular flexibility index (Phi) is 12.6. The maximum atomic E-state index is 13.3. The van der Waals surface area contributed by atoms with Crippen molar-refractivity contribution in [1.29, 1.82) is 0 Å². The molecule has 46 heavy (non-hydrogen) atoms. The van der Waals surface area contributed by atoms with Crippen molar-refractivity contribution in [3.05, 3.63) is 95.1 Å². The molecule has 248 valence electrons. The van der Waals surface area contributed by atoms with Crippen molar-refractivity contribution in [3.63, 3.8) is 0 Å². The van der Waals surface area contributed by atoms with Crippen LogP contribution < -0.4 is 9.47 Å². The number of hydrogen-bond donors (Lipinski definition) is 0. The predicted octanol–water partition coefficient (Wildman–Crippen LogP) is 6.74. The molecule has 1 saturated heterocycles. The second-order valence-corrected chi connectivity index (χ2v) is 14.1. The van der Waals surface area contributed by atoms with Gasteiger partial charge in [-0.25, -0.2) is 0 Å². The largest absolute Gasteiger partial charge is 0.496 e. The van der Waals surface area contributed by atoms with Gasteiger partial charge < -0.3 is 24.2 Å². The number of carbonyl (C=O) groups excluding carboxylic acids is 2. The maximum Gasteiger partial charge on any atom is 0.246 e. The molecule has 2 aromatic rings. The SMILES string of the molecule is COc1cc(C(C)(C)C)ccc1/C=C/C=C/C(=O)N1CCN(C(=O)/C=C/C=C/c2ccc(C(C)(C)C)cc2OC)C(CN(C)C)C1. The summed E-state index contributed by atoms with van der Waals surface area (Å²) < 4.78 is 11.2. The lowest BCUT2D eigenvalue weighted by Gasteiger charge is -2.41. The van der Waals surface area contributed by atoms with Gasteiger partial charge >= 0.3 is 0 Å². The number of methoxy groups -OCH3 is 2. The molecule has 0 N–H and O–H groups in total. The molecule has 0 aromatic heterocycles. The summed E-state index contributed by atoms with van der Waals surface area (Å²) in [5, 5.41) is 0. The zero-order valence-corrected chi connectivity index (χ0v) is 29.5.